The Balaban J connectivity index is 1.34. The molecular formula is C32H39N5O3. The van der Waals surface area contributed by atoms with E-state index in [4.69, 9.17) is 9.84 Å². The van der Waals surface area contributed by atoms with E-state index in [-0.39, 0.29) is 23.4 Å². The van der Waals surface area contributed by atoms with E-state index in [9.17, 15) is 9.90 Å². The molecule has 5 rings (SSSR count). The third-order valence-corrected chi connectivity index (χ3v) is 7.82. The predicted molar refractivity (Wildman–Crippen MR) is 159 cm³/mol. The number of aliphatic hydroxyl groups excluding tert-OH is 1. The van der Waals surface area contributed by atoms with Crippen LogP contribution < -0.4 is 0 Å². The molecular weight excluding hydrogens is 502 g/mol. The quantitative estimate of drug-likeness (QED) is 0.253. The standard InChI is InChI=1S/C32H39N5O3/c1-31(2,3)26-20-35(6)28-16-21(8-10-24(26)28)30(39)40-15-12-32(4,5)23-9-11-27-25(17-23)29(34-37(27)13-14-38)22-18-33-36(7)19-22/h8-11,16-20,38H,12-15H2,1-7H3. The molecule has 2 aromatic carbocycles. The van der Waals surface area contributed by atoms with Gasteiger partial charge in [0.15, 0.2) is 0 Å². The van der Waals surface area contributed by atoms with Crippen LogP contribution in [0.1, 0.15) is 62.5 Å². The maximum Gasteiger partial charge on any atom is 0.338 e. The highest BCUT2D eigenvalue weighted by molar-refractivity contribution is 5.96. The fourth-order valence-electron chi connectivity index (χ4n) is 5.36. The summed E-state index contributed by atoms with van der Waals surface area (Å²) >= 11 is 0. The minimum atomic E-state index is -0.309. The minimum Gasteiger partial charge on any atom is -0.462 e. The van der Waals surface area contributed by atoms with E-state index in [1.54, 1.807) is 10.9 Å². The van der Waals surface area contributed by atoms with E-state index < -0.39 is 0 Å². The molecule has 0 unspecified atom stereocenters. The van der Waals surface area contributed by atoms with Gasteiger partial charge < -0.3 is 14.4 Å². The summed E-state index contributed by atoms with van der Waals surface area (Å²) in [7, 11) is 3.90. The molecule has 0 fully saturated rings. The van der Waals surface area contributed by atoms with Gasteiger partial charge in [-0.1, -0.05) is 46.8 Å². The Labute approximate surface area is 235 Å². The first-order valence-electron chi connectivity index (χ1n) is 13.8. The Morgan fingerprint density at radius 3 is 2.42 bits per heavy atom. The molecule has 8 nitrogen and oxygen atoms in total. The number of esters is 1. The van der Waals surface area contributed by atoms with Crippen molar-refractivity contribution in [2.45, 2.75) is 58.4 Å². The van der Waals surface area contributed by atoms with Crippen molar-refractivity contribution in [2.24, 2.45) is 14.1 Å². The molecule has 3 aromatic heterocycles. The van der Waals surface area contributed by atoms with Crippen molar-refractivity contribution in [1.82, 2.24) is 24.1 Å². The van der Waals surface area contributed by atoms with E-state index in [1.165, 1.54) is 5.56 Å². The smallest absolute Gasteiger partial charge is 0.338 e. The zero-order valence-electron chi connectivity index (χ0n) is 24.5. The fourth-order valence-corrected chi connectivity index (χ4v) is 5.36. The van der Waals surface area contributed by atoms with E-state index in [2.05, 4.69) is 68.7 Å². The topological polar surface area (TPSA) is 87.1 Å². The Morgan fingerprint density at radius 1 is 0.975 bits per heavy atom. The number of fused-ring (bicyclic) bond motifs is 2. The molecule has 0 aliphatic carbocycles. The zero-order chi connectivity index (χ0) is 28.8. The number of ether oxygens (including phenoxy) is 1. The van der Waals surface area contributed by atoms with Gasteiger partial charge in [0, 0.05) is 48.3 Å². The molecule has 0 saturated carbocycles. The molecule has 0 radical (unpaired) electrons. The van der Waals surface area contributed by atoms with Crippen molar-refractivity contribution in [2.75, 3.05) is 13.2 Å². The van der Waals surface area contributed by atoms with Gasteiger partial charge in [0.2, 0.25) is 0 Å². The molecule has 3 heterocycles. The van der Waals surface area contributed by atoms with Gasteiger partial charge in [0.1, 0.15) is 5.69 Å². The van der Waals surface area contributed by atoms with Crippen molar-refractivity contribution in [3.8, 4) is 11.3 Å². The van der Waals surface area contributed by atoms with Crippen LogP contribution in [0, 0.1) is 0 Å². The molecule has 0 amide bonds. The number of aliphatic hydroxyl groups is 1. The van der Waals surface area contributed by atoms with Crippen LogP contribution in [0.15, 0.2) is 55.0 Å². The van der Waals surface area contributed by atoms with Crippen LogP contribution in [-0.2, 0) is 36.2 Å². The van der Waals surface area contributed by atoms with Gasteiger partial charge >= 0.3 is 5.97 Å². The number of carbonyl (C=O) groups excluding carboxylic acids is 1. The Bertz CT molecular complexity index is 1700. The molecule has 0 spiro atoms. The summed E-state index contributed by atoms with van der Waals surface area (Å²) in [5.74, 6) is -0.309. The first-order chi connectivity index (χ1) is 18.9. The third kappa shape index (κ3) is 5.16. The summed E-state index contributed by atoms with van der Waals surface area (Å²) in [4.78, 5) is 13.0. The summed E-state index contributed by atoms with van der Waals surface area (Å²) in [6.07, 6.45) is 6.56. The highest BCUT2D eigenvalue weighted by Crippen LogP contribution is 2.35. The number of nitrogens with zero attached hydrogens (tertiary/aromatic N) is 5. The van der Waals surface area contributed by atoms with Crippen molar-refractivity contribution in [3.63, 3.8) is 0 Å². The van der Waals surface area contributed by atoms with Crippen molar-refractivity contribution in [1.29, 1.82) is 0 Å². The molecule has 0 atom stereocenters. The largest absolute Gasteiger partial charge is 0.462 e. The summed E-state index contributed by atoms with van der Waals surface area (Å²) in [5.41, 5.74) is 6.48. The Hall–Kier alpha value is -3.91. The normalized spacial score (nSPS) is 12.5. The number of hydrogen-bond donors (Lipinski definition) is 1. The van der Waals surface area contributed by atoms with E-state index in [0.29, 0.717) is 25.1 Å². The number of rotatable bonds is 8. The molecule has 0 bridgehead atoms. The summed E-state index contributed by atoms with van der Waals surface area (Å²) in [6, 6.07) is 12.1. The summed E-state index contributed by atoms with van der Waals surface area (Å²) in [6.45, 7) is 11.7. The number of hydrogen-bond acceptors (Lipinski definition) is 5. The van der Waals surface area contributed by atoms with Gasteiger partial charge in [0.25, 0.3) is 0 Å². The van der Waals surface area contributed by atoms with Gasteiger partial charge in [-0.15, -0.1) is 0 Å². The lowest BCUT2D eigenvalue weighted by Gasteiger charge is -2.25. The SMILES string of the molecule is Cn1cc(-c2nn(CCO)c3ccc(C(C)(C)CCOC(=O)c4ccc5c(C(C)(C)C)cn(C)c5c4)cc23)cn1. The summed E-state index contributed by atoms with van der Waals surface area (Å²) in [5, 5.41) is 20.8. The van der Waals surface area contributed by atoms with Crippen LogP contribution in [0.3, 0.4) is 0 Å². The van der Waals surface area contributed by atoms with Gasteiger partial charge in [-0.05, 0) is 52.6 Å². The van der Waals surface area contributed by atoms with Crippen LogP contribution >= 0.6 is 0 Å². The number of aryl methyl sites for hydroxylation is 2. The van der Waals surface area contributed by atoms with Crippen LogP contribution in [0.5, 0.6) is 0 Å². The molecule has 8 heteroatoms. The van der Waals surface area contributed by atoms with E-state index in [1.807, 2.05) is 43.2 Å². The van der Waals surface area contributed by atoms with Gasteiger partial charge in [-0.2, -0.15) is 10.2 Å². The molecule has 0 aliphatic rings. The lowest BCUT2D eigenvalue weighted by Crippen LogP contribution is -2.21. The van der Waals surface area contributed by atoms with E-state index >= 15 is 0 Å². The second kappa shape index (κ2) is 10.2. The van der Waals surface area contributed by atoms with Crippen molar-refractivity contribution >= 4 is 27.8 Å². The Kier molecular flexibility index (Phi) is 7.08. The van der Waals surface area contributed by atoms with E-state index in [0.717, 1.165) is 38.6 Å². The van der Waals surface area contributed by atoms with Crippen LogP contribution in [0.4, 0.5) is 0 Å². The third-order valence-electron chi connectivity index (χ3n) is 7.82. The molecule has 0 saturated heterocycles. The lowest BCUT2D eigenvalue weighted by atomic mass is 9.81. The average molecular weight is 542 g/mol. The molecule has 1 N–H and O–H groups in total. The highest BCUT2D eigenvalue weighted by Gasteiger charge is 2.25. The van der Waals surface area contributed by atoms with Crippen LogP contribution in [0.25, 0.3) is 33.1 Å². The lowest BCUT2D eigenvalue weighted by molar-refractivity contribution is 0.0480. The van der Waals surface area contributed by atoms with Crippen molar-refractivity contribution < 1.29 is 14.6 Å². The molecule has 0 aliphatic heterocycles. The average Bonchev–Trinajstić information content (AvgIpc) is 3.59. The maximum absolute atomic E-state index is 13.0. The maximum atomic E-state index is 13.0. The van der Waals surface area contributed by atoms with Gasteiger partial charge in [-0.3, -0.25) is 9.36 Å². The molecule has 5 aromatic rings. The van der Waals surface area contributed by atoms with Gasteiger partial charge in [-0.25, -0.2) is 4.79 Å². The van der Waals surface area contributed by atoms with Crippen LogP contribution in [0.2, 0.25) is 0 Å². The molecule has 40 heavy (non-hydrogen) atoms. The van der Waals surface area contributed by atoms with Gasteiger partial charge in [0.05, 0.1) is 37.0 Å². The molecule has 210 valence electrons. The Morgan fingerprint density at radius 2 is 1.75 bits per heavy atom. The summed E-state index contributed by atoms with van der Waals surface area (Å²) < 4.78 is 11.4. The first kappa shape index (κ1) is 27.6. The highest BCUT2D eigenvalue weighted by atomic mass is 16.5. The fraction of sp³-hybridized carbons (Fsp3) is 0.406. The number of carbonyl (C=O) groups is 1. The zero-order valence-corrected chi connectivity index (χ0v) is 24.5. The monoisotopic (exact) mass is 541 g/mol. The number of benzene rings is 2. The predicted octanol–water partition coefficient (Wildman–Crippen LogP) is 5.74. The number of aromatic nitrogens is 5. The van der Waals surface area contributed by atoms with Crippen LogP contribution in [-0.4, -0.2) is 48.4 Å². The van der Waals surface area contributed by atoms with Crippen molar-refractivity contribution in [3.05, 3.63) is 71.7 Å². The minimum absolute atomic E-state index is 0.0106. The second-order valence-corrected chi connectivity index (χ2v) is 12.3. The second-order valence-electron chi connectivity index (χ2n) is 12.3. The first-order valence-corrected chi connectivity index (χ1v) is 13.8.